The smallest absolute Gasteiger partial charge is 0.140 e. The average Bonchev–Trinajstić information content (AvgIpc) is 2.19. The Bertz CT molecular complexity index is 386. The number of aliphatic hydroxyl groups is 1. The van der Waals surface area contributed by atoms with E-state index in [4.69, 9.17) is 11.6 Å². The van der Waals surface area contributed by atoms with Crippen LogP contribution in [0.3, 0.4) is 0 Å². The van der Waals surface area contributed by atoms with E-state index in [0.29, 0.717) is 10.6 Å². The molecule has 2 rings (SSSR count). The summed E-state index contributed by atoms with van der Waals surface area (Å²) in [5, 5.41) is 19.9. The molecule has 1 aliphatic carbocycles. The van der Waals surface area contributed by atoms with Crippen molar-refractivity contribution in [3.8, 4) is 5.75 Å². The molecular weight excluding hydrogens is 212 g/mol. The number of hydrogen-bond donors (Lipinski definition) is 2. The molecule has 0 heterocycles. The summed E-state index contributed by atoms with van der Waals surface area (Å²) in [6.45, 7) is 1.67. The Morgan fingerprint density at radius 2 is 2.00 bits per heavy atom. The molecule has 0 amide bonds. The summed E-state index contributed by atoms with van der Waals surface area (Å²) in [7, 11) is 0. The highest BCUT2D eigenvalue weighted by Gasteiger charge is 2.21. The van der Waals surface area contributed by atoms with Gasteiger partial charge in [-0.3, -0.25) is 0 Å². The van der Waals surface area contributed by atoms with Crippen LogP contribution in [0, 0.1) is 0 Å². The molecule has 3 heteroatoms. The number of phenolic OH excluding ortho intramolecular Hbond substituents is 1. The average molecular weight is 227 g/mol. The molecule has 0 spiro atoms. The Labute approximate surface area is 94.5 Å². The SMILES string of the molecule is CC(O)c1c(O)c(Cl)cc2c1CCCC2. The number of aromatic hydroxyl groups is 1. The van der Waals surface area contributed by atoms with Crippen LogP contribution in [0.4, 0.5) is 0 Å². The van der Waals surface area contributed by atoms with Gasteiger partial charge in [0.1, 0.15) is 5.75 Å². The zero-order chi connectivity index (χ0) is 11.0. The van der Waals surface area contributed by atoms with E-state index >= 15 is 0 Å². The predicted octanol–water partition coefficient (Wildman–Crippen LogP) is 2.98. The predicted molar refractivity (Wildman–Crippen MR) is 60.4 cm³/mol. The summed E-state index contributed by atoms with van der Waals surface area (Å²) in [5.74, 6) is 0.0484. The van der Waals surface area contributed by atoms with Crippen molar-refractivity contribution in [2.75, 3.05) is 0 Å². The van der Waals surface area contributed by atoms with Crippen LogP contribution in [-0.2, 0) is 12.8 Å². The van der Waals surface area contributed by atoms with Crippen LogP contribution < -0.4 is 0 Å². The number of phenols is 1. The molecule has 2 N–H and O–H groups in total. The second-order valence-electron chi connectivity index (χ2n) is 4.14. The first kappa shape index (κ1) is 10.8. The molecule has 82 valence electrons. The molecule has 0 fully saturated rings. The minimum atomic E-state index is -0.657. The topological polar surface area (TPSA) is 40.5 Å². The lowest BCUT2D eigenvalue weighted by Gasteiger charge is -2.22. The van der Waals surface area contributed by atoms with Gasteiger partial charge in [-0.1, -0.05) is 11.6 Å². The van der Waals surface area contributed by atoms with E-state index in [1.54, 1.807) is 6.92 Å². The van der Waals surface area contributed by atoms with Crippen molar-refractivity contribution >= 4 is 11.6 Å². The van der Waals surface area contributed by atoms with Gasteiger partial charge < -0.3 is 10.2 Å². The van der Waals surface area contributed by atoms with Gasteiger partial charge in [-0.2, -0.15) is 0 Å². The molecule has 0 saturated heterocycles. The zero-order valence-electron chi connectivity index (χ0n) is 8.76. The van der Waals surface area contributed by atoms with Gasteiger partial charge in [0.15, 0.2) is 0 Å². The number of fused-ring (bicyclic) bond motifs is 1. The van der Waals surface area contributed by atoms with E-state index in [0.717, 1.165) is 31.2 Å². The number of halogens is 1. The highest BCUT2D eigenvalue weighted by atomic mass is 35.5. The van der Waals surface area contributed by atoms with Crippen molar-refractivity contribution in [3.63, 3.8) is 0 Å². The maximum absolute atomic E-state index is 9.83. The first-order valence-corrected chi connectivity index (χ1v) is 5.70. The number of aryl methyl sites for hydroxylation is 1. The van der Waals surface area contributed by atoms with Crippen molar-refractivity contribution in [3.05, 3.63) is 27.8 Å². The van der Waals surface area contributed by atoms with E-state index < -0.39 is 6.10 Å². The maximum atomic E-state index is 9.83. The molecule has 15 heavy (non-hydrogen) atoms. The molecule has 1 aromatic rings. The number of rotatable bonds is 1. The monoisotopic (exact) mass is 226 g/mol. The Morgan fingerprint density at radius 3 is 2.67 bits per heavy atom. The number of benzene rings is 1. The Kier molecular flexibility index (Phi) is 2.89. The van der Waals surface area contributed by atoms with E-state index in [9.17, 15) is 10.2 Å². The Morgan fingerprint density at radius 1 is 1.33 bits per heavy atom. The van der Waals surface area contributed by atoms with E-state index in [-0.39, 0.29) is 5.75 Å². The maximum Gasteiger partial charge on any atom is 0.140 e. The third-order valence-electron chi connectivity index (χ3n) is 3.04. The van der Waals surface area contributed by atoms with Gasteiger partial charge in [0, 0.05) is 5.56 Å². The fourth-order valence-electron chi connectivity index (χ4n) is 2.34. The van der Waals surface area contributed by atoms with Crippen LogP contribution in [0.1, 0.15) is 42.6 Å². The van der Waals surface area contributed by atoms with Gasteiger partial charge in [0.25, 0.3) is 0 Å². The first-order valence-electron chi connectivity index (χ1n) is 5.32. The summed E-state index contributed by atoms with van der Waals surface area (Å²) >= 11 is 5.93. The van der Waals surface area contributed by atoms with Crippen molar-refractivity contribution in [1.82, 2.24) is 0 Å². The summed E-state index contributed by atoms with van der Waals surface area (Å²) < 4.78 is 0. The highest BCUT2D eigenvalue weighted by molar-refractivity contribution is 6.32. The van der Waals surface area contributed by atoms with E-state index in [1.807, 2.05) is 6.07 Å². The van der Waals surface area contributed by atoms with Crippen LogP contribution in [0.15, 0.2) is 6.07 Å². The molecule has 0 bridgehead atoms. The molecule has 2 nitrogen and oxygen atoms in total. The quantitative estimate of drug-likeness (QED) is 0.773. The van der Waals surface area contributed by atoms with Crippen LogP contribution >= 0.6 is 11.6 Å². The third-order valence-corrected chi connectivity index (χ3v) is 3.32. The minimum absolute atomic E-state index is 0.0484. The van der Waals surface area contributed by atoms with Crippen molar-refractivity contribution in [1.29, 1.82) is 0 Å². The first-order chi connectivity index (χ1) is 7.11. The molecule has 1 aliphatic rings. The van der Waals surface area contributed by atoms with Gasteiger partial charge in [-0.15, -0.1) is 0 Å². The molecular formula is C12H15ClO2. The molecule has 0 saturated carbocycles. The van der Waals surface area contributed by atoms with Crippen molar-refractivity contribution < 1.29 is 10.2 Å². The highest BCUT2D eigenvalue weighted by Crippen LogP contribution is 2.39. The van der Waals surface area contributed by atoms with Crippen LogP contribution in [-0.4, -0.2) is 10.2 Å². The largest absolute Gasteiger partial charge is 0.506 e. The summed E-state index contributed by atoms with van der Waals surface area (Å²) in [4.78, 5) is 0. The van der Waals surface area contributed by atoms with Crippen molar-refractivity contribution in [2.24, 2.45) is 0 Å². The van der Waals surface area contributed by atoms with Crippen LogP contribution in [0.25, 0.3) is 0 Å². The standard InChI is InChI=1S/C12H15ClO2/c1-7(14)11-9-5-3-2-4-8(9)6-10(13)12(11)15/h6-7,14-15H,2-5H2,1H3. The van der Waals surface area contributed by atoms with Crippen LogP contribution in [0.5, 0.6) is 5.75 Å². The number of aliphatic hydroxyl groups excluding tert-OH is 1. The van der Waals surface area contributed by atoms with E-state index in [2.05, 4.69) is 0 Å². The Hall–Kier alpha value is -0.730. The fraction of sp³-hybridized carbons (Fsp3) is 0.500. The zero-order valence-corrected chi connectivity index (χ0v) is 9.51. The molecule has 0 aromatic heterocycles. The summed E-state index contributed by atoms with van der Waals surface area (Å²) in [6.07, 6.45) is 3.55. The van der Waals surface area contributed by atoms with Crippen LogP contribution in [0.2, 0.25) is 5.02 Å². The lowest BCUT2D eigenvalue weighted by Crippen LogP contribution is -2.09. The van der Waals surface area contributed by atoms with E-state index in [1.165, 1.54) is 5.56 Å². The fourth-order valence-corrected chi connectivity index (χ4v) is 2.57. The summed E-state index contributed by atoms with van der Waals surface area (Å²) in [6, 6.07) is 1.83. The molecule has 1 aromatic carbocycles. The van der Waals surface area contributed by atoms with Gasteiger partial charge >= 0.3 is 0 Å². The lowest BCUT2D eigenvalue weighted by atomic mass is 9.86. The molecule has 0 radical (unpaired) electrons. The normalized spacial score (nSPS) is 17.3. The number of hydrogen-bond acceptors (Lipinski definition) is 2. The molecule has 0 aliphatic heterocycles. The lowest BCUT2D eigenvalue weighted by molar-refractivity contribution is 0.193. The minimum Gasteiger partial charge on any atom is -0.506 e. The molecule has 1 atom stereocenters. The van der Waals surface area contributed by atoms with Gasteiger partial charge in [0.05, 0.1) is 11.1 Å². The Balaban J connectivity index is 2.63. The van der Waals surface area contributed by atoms with Gasteiger partial charge in [0.2, 0.25) is 0 Å². The third kappa shape index (κ3) is 1.84. The van der Waals surface area contributed by atoms with Crippen molar-refractivity contribution in [2.45, 2.75) is 38.7 Å². The molecule has 1 unspecified atom stereocenters. The van der Waals surface area contributed by atoms with Gasteiger partial charge in [-0.05, 0) is 49.8 Å². The van der Waals surface area contributed by atoms with Gasteiger partial charge in [-0.25, -0.2) is 0 Å². The second kappa shape index (κ2) is 4.03. The second-order valence-corrected chi connectivity index (χ2v) is 4.55. The summed E-state index contributed by atoms with van der Waals surface area (Å²) in [5.41, 5.74) is 2.90.